The van der Waals surface area contributed by atoms with Gasteiger partial charge in [0.15, 0.2) is 0 Å². The Kier molecular flexibility index (Phi) is 3.65. The first-order valence-corrected chi connectivity index (χ1v) is 7.07. The van der Waals surface area contributed by atoms with Crippen LogP contribution < -0.4 is 5.32 Å². The lowest BCUT2D eigenvalue weighted by Crippen LogP contribution is -2.66. The SMILES string of the molecule is C=CCN1CC(C(C)(C)C)NCC12CCCC2. The average Bonchev–Trinajstić information content (AvgIpc) is 2.70. The van der Waals surface area contributed by atoms with Crippen molar-refractivity contribution in [2.24, 2.45) is 5.41 Å². The number of hydrogen-bond acceptors (Lipinski definition) is 2. The summed E-state index contributed by atoms with van der Waals surface area (Å²) in [7, 11) is 0. The van der Waals surface area contributed by atoms with Crippen LogP contribution in [0.25, 0.3) is 0 Å². The van der Waals surface area contributed by atoms with Crippen LogP contribution in [0, 0.1) is 5.41 Å². The van der Waals surface area contributed by atoms with E-state index in [-0.39, 0.29) is 0 Å². The molecular formula is C15H28N2. The van der Waals surface area contributed by atoms with Crippen LogP contribution in [0.4, 0.5) is 0 Å². The highest BCUT2D eigenvalue weighted by Crippen LogP contribution is 2.38. The third-order valence-corrected chi connectivity index (χ3v) is 4.68. The largest absolute Gasteiger partial charge is 0.310 e. The molecular weight excluding hydrogens is 208 g/mol. The Bertz CT molecular complexity index is 271. The maximum Gasteiger partial charge on any atom is 0.0338 e. The first-order valence-electron chi connectivity index (χ1n) is 7.07. The lowest BCUT2D eigenvalue weighted by atomic mass is 9.81. The Morgan fingerprint density at radius 2 is 2.00 bits per heavy atom. The Morgan fingerprint density at radius 3 is 2.53 bits per heavy atom. The number of nitrogens with zero attached hydrogens (tertiary/aromatic N) is 1. The van der Waals surface area contributed by atoms with Gasteiger partial charge in [0.05, 0.1) is 0 Å². The van der Waals surface area contributed by atoms with Crippen molar-refractivity contribution >= 4 is 0 Å². The van der Waals surface area contributed by atoms with E-state index in [1.54, 1.807) is 0 Å². The molecule has 0 aromatic heterocycles. The van der Waals surface area contributed by atoms with Crippen LogP contribution >= 0.6 is 0 Å². The second kappa shape index (κ2) is 4.74. The molecule has 1 aliphatic carbocycles. The minimum Gasteiger partial charge on any atom is -0.310 e. The zero-order valence-corrected chi connectivity index (χ0v) is 11.8. The van der Waals surface area contributed by atoms with Gasteiger partial charge < -0.3 is 5.32 Å². The summed E-state index contributed by atoms with van der Waals surface area (Å²) in [6, 6.07) is 0.605. The van der Waals surface area contributed by atoms with Gasteiger partial charge in [0.25, 0.3) is 0 Å². The van der Waals surface area contributed by atoms with E-state index in [9.17, 15) is 0 Å². The molecule has 2 nitrogen and oxygen atoms in total. The maximum atomic E-state index is 3.93. The van der Waals surface area contributed by atoms with Crippen molar-refractivity contribution in [2.75, 3.05) is 19.6 Å². The summed E-state index contributed by atoms with van der Waals surface area (Å²) in [6.07, 6.45) is 7.60. The molecule has 0 radical (unpaired) electrons. The quantitative estimate of drug-likeness (QED) is 0.742. The Hall–Kier alpha value is -0.340. The van der Waals surface area contributed by atoms with Gasteiger partial charge in [-0.25, -0.2) is 0 Å². The molecule has 1 atom stereocenters. The second-order valence-electron chi connectivity index (χ2n) is 6.92. The first-order chi connectivity index (χ1) is 7.98. The Labute approximate surface area is 106 Å². The predicted molar refractivity (Wildman–Crippen MR) is 74.2 cm³/mol. The van der Waals surface area contributed by atoms with Crippen molar-refractivity contribution in [1.29, 1.82) is 0 Å². The van der Waals surface area contributed by atoms with E-state index in [1.165, 1.54) is 38.8 Å². The van der Waals surface area contributed by atoms with E-state index in [1.807, 2.05) is 0 Å². The zero-order chi connectivity index (χ0) is 12.5. The van der Waals surface area contributed by atoms with Gasteiger partial charge in [-0.2, -0.15) is 0 Å². The van der Waals surface area contributed by atoms with Crippen LogP contribution in [0.2, 0.25) is 0 Å². The normalized spacial score (nSPS) is 29.7. The summed E-state index contributed by atoms with van der Waals surface area (Å²) in [5, 5.41) is 3.80. The lowest BCUT2D eigenvalue weighted by molar-refractivity contribution is 0.0265. The van der Waals surface area contributed by atoms with Crippen molar-refractivity contribution in [3.63, 3.8) is 0 Å². The molecule has 1 saturated carbocycles. The molecule has 1 spiro atoms. The summed E-state index contributed by atoms with van der Waals surface area (Å²) in [5.74, 6) is 0. The van der Waals surface area contributed by atoms with E-state index in [4.69, 9.17) is 0 Å². The van der Waals surface area contributed by atoms with Gasteiger partial charge in [-0.15, -0.1) is 6.58 Å². The van der Waals surface area contributed by atoms with Crippen molar-refractivity contribution < 1.29 is 0 Å². The average molecular weight is 236 g/mol. The molecule has 2 aliphatic rings. The molecule has 1 unspecified atom stereocenters. The van der Waals surface area contributed by atoms with E-state index in [2.05, 4.69) is 43.6 Å². The molecule has 0 amide bonds. The molecule has 0 aromatic carbocycles. The number of hydrogen-bond donors (Lipinski definition) is 1. The van der Waals surface area contributed by atoms with Crippen LogP contribution in [0.1, 0.15) is 46.5 Å². The van der Waals surface area contributed by atoms with Gasteiger partial charge in [0.2, 0.25) is 0 Å². The minimum atomic E-state index is 0.347. The molecule has 1 heterocycles. The molecule has 1 N–H and O–H groups in total. The van der Waals surface area contributed by atoms with Crippen LogP contribution in [-0.4, -0.2) is 36.1 Å². The van der Waals surface area contributed by atoms with Crippen LogP contribution in [0.5, 0.6) is 0 Å². The molecule has 0 bridgehead atoms. The maximum absolute atomic E-state index is 3.93. The second-order valence-corrected chi connectivity index (χ2v) is 6.92. The number of piperazine rings is 1. The predicted octanol–water partition coefficient (Wildman–Crippen LogP) is 2.81. The Morgan fingerprint density at radius 1 is 1.35 bits per heavy atom. The van der Waals surface area contributed by atoms with Crippen molar-refractivity contribution in [2.45, 2.75) is 58.0 Å². The molecule has 1 saturated heterocycles. The fraction of sp³-hybridized carbons (Fsp3) is 0.867. The lowest BCUT2D eigenvalue weighted by Gasteiger charge is -2.51. The van der Waals surface area contributed by atoms with E-state index >= 15 is 0 Å². The fourth-order valence-corrected chi connectivity index (χ4v) is 3.43. The topological polar surface area (TPSA) is 15.3 Å². The van der Waals surface area contributed by atoms with Crippen LogP contribution in [0.3, 0.4) is 0 Å². The standard InChI is InChI=1S/C15H28N2/c1-5-10-17-11-13(14(2,3)4)16-12-15(17)8-6-7-9-15/h5,13,16H,1,6-12H2,2-4H3. The highest BCUT2D eigenvalue weighted by molar-refractivity contribution is 5.04. The monoisotopic (exact) mass is 236 g/mol. The molecule has 2 fully saturated rings. The smallest absolute Gasteiger partial charge is 0.0338 e. The third-order valence-electron chi connectivity index (χ3n) is 4.68. The summed E-state index contributed by atoms with van der Waals surface area (Å²) < 4.78 is 0. The molecule has 2 rings (SSSR count). The summed E-state index contributed by atoms with van der Waals surface area (Å²) in [4.78, 5) is 2.69. The fourth-order valence-electron chi connectivity index (χ4n) is 3.43. The first kappa shape index (κ1) is 13.1. The van der Waals surface area contributed by atoms with Crippen molar-refractivity contribution in [1.82, 2.24) is 10.2 Å². The zero-order valence-electron chi connectivity index (χ0n) is 11.8. The number of nitrogens with one attached hydrogen (secondary N) is 1. The van der Waals surface area contributed by atoms with E-state index in [0.717, 1.165) is 6.54 Å². The van der Waals surface area contributed by atoms with Gasteiger partial charge in [-0.1, -0.05) is 39.7 Å². The van der Waals surface area contributed by atoms with Gasteiger partial charge in [-0.3, -0.25) is 4.90 Å². The Balaban J connectivity index is 2.10. The highest BCUT2D eigenvalue weighted by atomic mass is 15.3. The summed E-state index contributed by atoms with van der Waals surface area (Å²) in [5.41, 5.74) is 0.787. The minimum absolute atomic E-state index is 0.347. The van der Waals surface area contributed by atoms with E-state index in [0.29, 0.717) is 17.0 Å². The molecule has 98 valence electrons. The molecule has 1 aliphatic heterocycles. The molecule has 17 heavy (non-hydrogen) atoms. The summed E-state index contributed by atoms with van der Waals surface area (Å²) >= 11 is 0. The number of rotatable bonds is 2. The van der Waals surface area contributed by atoms with E-state index < -0.39 is 0 Å². The van der Waals surface area contributed by atoms with Crippen LogP contribution in [-0.2, 0) is 0 Å². The highest BCUT2D eigenvalue weighted by Gasteiger charge is 2.44. The van der Waals surface area contributed by atoms with Crippen molar-refractivity contribution in [3.05, 3.63) is 12.7 Å². The van der Waals surface area contributed by atoms with Gasteiger partial charge in [0.1, 0.15) is 0 Å². The van der Waals surface area contributed by atoms with Gasteiger partial charge in [-0.05, 0) is 18.3 Å². The molecule has 2 heteroatoms. The van der Waals surface area contributed by atoms with Crippen LogP contribution in [0.15, 0.2) is 12.7 Å². The van der Waals surface area contributed by atoms with Crippen molar-refractivity contribution in [3.8, 4) is 0 Å². The van der Waals surface area contributed by atoms with Gasteiger partial charge in [0, 0.05) is 31.2 Å². The van der Waals surface area contributed by atoms with Gasteiger partial charge >= 0.3 is 0 Å². The third kappa shape index (κ3) is 2.58. The summed E-state index contributed by atoms with van der Waals surface area (Å²) in [6.45, 7) is 14.3. The molecule has 0 aromatic rings.